The van der Waals surface area contributed by atoms with E-state index in [4.69, 9.17) is 0 Å². The smallest absolute Gasteiger partial charge is 0.222 e. The van der Waals surface area contributed by atoms with Crippen molar-refractivity contribution in [3.63, 3.8) is 0 Å². The minimum atomic E-state index is -0.124. The van der Waals surface area contributed by atoms with Crippen molar-refractivity contribution in [2.45, 2.75) is 6.92 Å². The number of amides is 1. The molecule has 0 spiro atoms. The van der Waals surface area contributed by atoms with Crippen molar-refractivity contribution in [3.8, 4) is 0 Å². The van der Waals surface area contributed by atoms with E-state index in [2.05, 4.69) is 15.4 Å². The number of fused-ring (bicyclic) bond motifs is 1. The Morgan fingerprint density at radius 2 is 2.29 bits per heavy atom. The van der Waals surface area contributed by atoms with Crippen molar-refractivity contribution in [1.29, 1.82) is 0 Å². The third-order valence-corrected chi connectivity index (χ3v) is 1.94. The Morgan fingerprint density at radius 1 is 1.50 bits per heavy atom. The van der Waals surface area contributed by atoms with Gasteiger partial charge in [0.2, 0.25) is 5.91 Å². The summed E-state index contributed by atoms with van der Waals surface area (Å²) in [5, 5.41) is 7.66. The van der Waals surface area contributed by atoms with Crippen LogP contribution in [0.5, 0.6) is 0 Å². The average Bonchev–Trinajstić information content (AvgIpc) is 2.46. The van der Waals surface area contributed by atoms with Gasteiger partial charge in [-0.05, 0) is 6.07 Å². The summed E-state index contributed by atoms with van der Waals surface area (Å²) in [4.78, 5) is 14.9. The predicted molar refractivity (Wildman–Crippen MR) is 52.8 cm³/mol. The highest BCUT2D eigenvalue weighted by molar-refractivity contribution is 5.90. The molecule has 2 heterocycles. The summed E-state index contributed by atoms with van der Waals surface area (Å²) in [6, 6.07) is 1.80. The standard InChI is InChI=1S/C9H10N4O/c1-6(14)12-9-3-7-4-11-13(2)8(7)5-10-9/h3-5H,1-2H3,(H,10,12,14). The number of nitrogens with one attached hydrogen (secondary N) is 1. The summed E-state index contributed by atoms with van der Waals surface area (Å²) < 4.78 is 1.74. The quantitative estimate of drug-likeness (QED) is 0.727. The lowest BCUT2D eigenvalue weighted by molar-refractivity contribution is -0.114. The first kappa shape index (κ1) is 8.68. The van der Waals surface area contributed by atoms with E-state index in [9.17, 15) is 4.79 Å². The molecule has 0 saturated heterocycles. The third-order valence-electron chi connectivity index (χ3n) is 1.94. The molecule has 0 fully saturated rings. The van der Waals surface area contributed by atoms with Gasteiger partial charge in [0.1, 0.15) is 5.82 Å². The fourth-order valence-corrected chi connectivity index (χ4v) is 1.30. The molecule has 0 aliphatic heterocycles. The lowest BCUT2D eigenvalue weighted by Gasteiger charge is -2.00. The summed E-state index contributed by atoms with van der Waals surface area (Å²) in [5.74, 6) is 0.429. The van der Waals surface area contributed by atoms with Gasteiger partial charge < -0.3 is 5.32 Å². The van der Waals surface area contributed by atoms with Crippen LogP contribution in [0.4, 0.5) is 5.82 Å². The zero-order valence-corrected chi connectivity index (χ0v) is 7.98. The highest BCUT2D eigenvalue weighted by Gasteiger charge is 2.02. The maximum atomic E-state index is 10.8. The van der Waals surface area contributed by atoms with Gasteiger partial charge in [0.05, 0.1) is 17.9 Å². The number of pyridine rings is 1. The van der Waals surface area contributed by atoms with Crippen molar-refractivity contribution in [2.75, 3.05) is 5.32 Å². The summed E-state index contributed by atoms with van der Waals surface area (Å²) in [6.45, 7) is 1.45. The number of anilines is 1. The van der Waals surface area contributed by atoms with Crippen molar-refractivity contribution >= 4 is 22.6 Å². The van der Waals surface area contributed by atoms with Gasteiger partial charge in [-0.2, -0.15) is 5.10 Å². The minimum Gasteiger partial charge on any atom is -0.311 e. The van der Waals surface area contributed by atoms with Gasteiger partial charge >= 0.3 is 0 Å². The first-order chi connectivity index (χ1) is 6.66. The van der Waals surface area contributed by atoms with E-state index in [0.29, 0.717) is 5.82 Å². The third kappa shape index (κ3) is 1.44. The lowest BCUT2D eigenvalue weighted by Crippen LogP contribution is -2.07. The second-order valence-electron chi connectivity index (χ2n) is 3.08. The van der Waals surface area contributed by atoms with E-state index in [1.165, 1.54) is 6.92 Å². The first-order valence-corrected chi connectivity index (χ1v) is 4.22. The van der Waals surface area contributed by atoms with Gasteiger partial charge in [-0.25, -0.2) is 4.98 Å². The monoisotopic (exact) mass is 190 g/mol. The van der Waals surface area contributed by atoms with E-state index in [0.717, 1.165) is 10.9 Å². The van der Waals surface area contributed by atoms with Crippen LogP contribution in [0.1, 0.15) is 6.92 Å². The van der Waals surface area contributed by atoms with Crippen LogP contribution < -0.4 is 5.32 Å². The number of aryl methyl sites for hydroxylation is 1. The number of carbonyl (C=O) groups is 1. The van der Waals surface area contributed by atoms with Crippen LogP contribution in [0.3, 0.4) is 0 Å². The number of rotatable bonds is 1. The Morgan fingerprint density at radius 3 is 3.00 bits per heavy atom. The molecule has 1 N–H and O–H groups in total. The Bertz CT molecular complexity index is 489. The maximum Gasteiger partial charge on any atom is 0.222 e. The fourth-order valence-electron chi connectivity index (χ4n) is 1.30. The van der Waals surface area contributed by atoms with E-state index in [1.807, 2.05) is 7.05 Å². The minimum absolute atomic E-state index is 0.124. The summed E-state index contributed by atoms with van der Waals surface area (Å²) >= 11 is 0. The van der Waals surface area contributed by atoms with Crippen LogP contribution >= 0.6 is 0 Å². The van der Waals surface area contributed by atoms with E-state index >= 15 is 0 Å². The van der Waals surface area contributed by atoms with Gasteiger partial charge in [0.15, 0.2) is 0 Å². The average molecular weight is 190 g/mol. The predicted octanol–water partition coefficient (Wildman–Crippen LogP) is 0.927. The molecule has 0 saturated carbocycles. The molecule has 2 aromatic rings. The Hall–Kier alpha value is -1.91. The molecule has 2 rings (SSSR count). The Kier molecular flexibility index (Phi) is 1.92. The van der Waals surface area contributed by atoms with Crippen LogP contribution in [-0.4, -0.2) is 20.7 Å². The largest absolute Gasteiger partial charge is 0.311 e. The van der Waals surface area contributed by atoms with Gasteiger partial charge in [0.25, 0.3) is 0 Å². The van der Waals surface area contributed by atoms with Crippen molar-refractivity contribution in [3.05, 3.63) is 18.5 Å². The normalized spacial score (nSPS) is 10.4. The maximum absolute atomic E-state index is 10.8. The number of aromatic nitrogens is 3. The lowest BCUT2D eigenvalue weighted by atomic mass is 10.3. The van der Waals surface area contributed by atoms with Gasteiger partial charge in [0, 0.05) is 19.4 Å². The molecule has 72 valence electrons. The fraction of sp³-hybridized carbons (Fsp3) is 0.222. The molecule has 0 aliphatic carbocycles. The number of nitrogens with zero attached hydrogens (tertiary/aromatic N) is 3. The molecule has 0 unspecified atom stereocenters. The molecule has 5 nitrogen and oxygen atoms in total. The molecule has 0 aliphatic rings. The zero-order valence-electron chi connectivity index (χ0n) is 7.98. The molecule has 5 heteroatoms. The zero-order chi connectivity index (χ0) is 10.1. The molecule has 14 heavy (non-hydrogen) atoms. The number of hydrogen-bond acceptors (Lipinski definition) is 3. The second kappa shape index (κ2) is 3.10. The van der Waals surface area contributed by atoms with Gasteiger partial charge in [-0.15, -0.1) is 0 Å². The molecule has 0 aromatic carbocycles. The SMILES string of the molecule is CC(=O)Nc1cc2cnn(C)c2cn1. The van der Waals surface area contributed by atoms with Crippen LogP contribution in [0, 0.1) is 0 Å². The van der Waals surface area contributed by atoms with Crippen molar-refractivity contribution in [1.82, 2.24) is 14.8 Å². The molecule has 2 aromatic heterocycles. The topological polar surface area (TPSA) is 59.8 Å². The highest BCUT2D eigenvalue weighted by atomic mass is 16.1. The number of hydrogen-bond donors (Lipinski definition) is 1. The van der Waals surface area contributed by atoms with Crippen molar-refractivity contribution < 1.29 is 4.79 Å². The van der Waals surface area contributed by atoms with E-state index < -0.39 is 0 Å². The molecule has 1 amide bonds. The molecular weight excluding hydrogens is 180 g/mol. The molecule has 0 radical (unpaired) electrons. The van der Waals surface area contributed by atoms with Crippen LogP contribution in [0.2, 0.25) is 0 Å². The van der Waals surface area contributed by atoms with Crippen molar-refractivity contribution in [2.24, 2.45) is 7.05 Å². The van der Waals surface area contributed by atoms with Crippen LogP contribution in [-0.2, 0) is 11.8 Å². The van der Waals surface area contributed by atoms with Crippen LogP contribution in [0.25, 0.3) is 10.9 Å². The number of carbonyl (C=O) groups excluding carboxylic acids is 1. The summed E-state index contributed by atoms with van der Waals surface area (Å²) in [7, 11) is 1.85. The summed E-state index contributed by atoms with van der Waals surface area (Å²) in [6.07, 6.45) is 3.43. The summed E-state index contributed by atoms with van der Waals surface area (Å²) in [5.41, 5.74) is 0.944. The second-order valence-corrected chi connectivity index (χ2v) is 3.08. The molecule has 0 atom stereocenters. The Balaban J connectivity index is 2.46. The van der Waals surface area contributed by atoms with Gasteiger partial charge in [-0.3, -0.25) is 9.48 Å². The Labute approximate surface area is 80.7 Å². The van der Waals surface area contributed by atoms with E-state index in [1.54, 1.807) is 23.1 Å². The van der Waals surface area contributed by atoms with E-state index in [-0.39, 0.29) is 5.91 Å². The molecule has 0 bridgehead atoms. The first-order valence-electron chi connectivity index (χ1n) is 4.22. The highest BCUT2D eigenvalue weighted by Crippen LogP contribution is 2.14. The van der Waals surface area contributed by atoms with Gasteiger partial charge in [-0.1, -0.05) is 0 Å². The van der Waals surface area contributed by atoms with Crippen LogP contribution in [0.15, 0.2) is 18.5 Å². The molecular formula is C9H10N4O.